The molecule has 0 unspecified atom stereocenters. The summed E-state index contributed by atoms with van der Waals surface area (Å²) in [6, 6.07) is 10.5. The lowest BCUT2D eigenvalue weighted by Crippen LogP contribution is -2.42. The number of benzene rings is 2. The Morgan fingerprint density at radius 3 is 2.50 bits per heavy atom. The smallest absolute Gasteiger partial charge is 0.269 e. The molecule has 0 fully saturated rings. The number of halogens is 1. The molecule has 0 aliphatic heterocycles. The molecule has 0 spiro atoms. The van der Waals surface area contributed by atoms with Crippen molar-refractivity contribution in [1.82, 2.24) is 10.9 Å². The Morgan fingerprint density at radius 2 is 1.83 bits per heavy atom. The molecular weight excluding hydrogens is 328 g/mol. The van der Waals surface area contributed by atoms with Crippen molar-refractivity contribution in [3.63, 3.8) is 0 Å². The number of aryl methyl sites for hydroxylation is 2. The van der Waals surface area contributed by atoms with Crippen molar-refractivity contribution < 1.29 is 14.3 Å². The standard InChI is InChI=1S/C18H19ClN2O3/c1-11-4-6-15(12(2)8-11)18(23)21-20-17(22)10-13-9-14(19)5-7-16(13)24-3/h4-9H,10H2,1-3H3,(H,20,22)(H,21,23). The Balaban J connectivity index is 1.98. The van der Waals surface area contributed by atoms with Crippen LogP contribution in [0.1, 0.15) is 27.0 Å². The molecule has 2 amide bonds. The van der Waals surface area contributed by atoms with Crippen LogP contribution in [0.2, 0.25) is 5.02 Å². The van der Waals surface area contributed by atoms with Gasteiger partial charge < -0.3 is 4.74 Å². The zero-order valence-electron chi connectivity index (χ0n) is 13.8. The van der Waals surface area contributed by atoms with Gasteiger partial charge in [0.25, 0.3) is 5.91 Å². The molecule has 0 radical (unpaired) electrons. The number of hydrogen-bond acceptors (Lipinski definition) is 3. The zero-order valence-corrected chi connectivity index (χ0v) is 14.5. The van der Waals surface area contributed by atoms with Gasteiger partial charge in [-0.1, -0.05) is 29.3 Å². The first-order valence-electron chi connectivity index (χ1n) is 7.39. The fourth-order valence-corrected chi connectivity index (χ4v) is 2.56. The molecule has 126 valence electrons. The van der Waals surface area contributed by atoms with E-state index in [1.54, 1.807) is 24.3 Å². The van der Waals surface area contributed by atoms with Crippen LogP contribution in [0.4, 0.5) is 0 Å². The molecule has 0 aromatic heterocycles. The van der Waals surface area contributed by atoms with Crippen molar-refractivity contribution in [3.8, 4) is 5.75 Å². The lowest BCUT2D eigenvalue weighted by molar-refractivity contribution is -0.121. The molecule has 0 aliphatic carbocycles. The summed E-state index contributed by atoms with van der Waals surface area (Å²) in [7, 11) is 1.52. The van der Waals surface area contributed by atoms with Crippen LogP contribution in [-0.4, -0.2) is 18.9 Å². The lowest BCUT2D eigenvalue weighted by Gasteiger charge is -2.11. The molecule has 0 heterocycles. The Morgan fingerprint density at radius 1 is 1.08 bits per heavy atom. The number of ether oxygens (including phenoxy) is 1. The number of methoxy groups -OCH3 is 1. The summed E-state index contributed by atoms with van der Waals surface area (Å²) in [5, 5.41) is 0.512. The largest absolute Gasteiger partial charge is 0.496 e. The van der Waals surface area contributed by atoms with Gasteiger partial charge in [-0.15, -0.1) is 0 Å². The van der Waals surface area contributed by atoms with Gasteiger partial charge >= 0.3 is 0 Å². The van der Waals surface area contributed by atoms with E-state index in [1.165, 1.54) is 7.11 Å². The number of hydrazine groups is 1. The molecule has 2 N–H and O–H groups in total. The minimum absolute atomic E-state index is 0.0386. The zero-order chi connectivity index (χ0) is 17.7. The highest BCUT2D eigenvalue weighted by atomic mass is 35.5. The van der Waals surface area contributed by atoms with E-state index in [4.69, 9.17) is 16.3 Å². The fourth-order valence-electron chi connectivity index (χ4n) is 2.36. The molecule has 0 saturated heterocycles. The van der Waals surface area contributed by atoms with Gasteiger partial charge in [0, 0.05) is 16.1 Å². The van der Waals surface area contributed by atoms with Gasteiger partial charge in [-0.2, -0.15) is 0 Å². The van der Waals surface area contributed by atoms with Gasteiger partial charge in [0.05, 0.1) is 13.5 Å². The topological polar surface area (TPSA) is 67.4 Å². The first-order valence-corrected chi connectivity index (χ1v) is 7.77. The summed E-state index contributed by atoms with van der Waals surface area (Å²) in [5.41, 5.74) is 7.90. The van der Waals surface area contributed by atoms with Gasteiger partial charge in [0.2, 0.25) is 5.91 Å². The normalized spacial score (nSPS) is 10.2. The number of carbonyl (C=O) groups excluding carboxylic acids is 2. The Kier molecular flexibility index (Phi) is 5.82. The molecule has 0 bridgehead atoms. The van der Waals surface area contributed by atoms with Crippen molar-refractivity contribution in [2.75, 3.05) is 7.11 Å². The summed E-state index contributed by atoms with van der Waals surface area (Å²) in [6.45, 7) is 3.80. The van der Waals surface area contributed by atoms with Crippen LogP contribution in [0.15, 0.2) is 36.4 Å². The molecule has 24 heavy (non-hydrogen) atoms. The quantitative estimate of drug-likeness (QED) is 0.836. The van der Waals surface area contributed by atoms with E-state index in [-0.39, 0.29) is 18.2 Å². The van der Waals surface area contributed by atoms with Crippen LogP contribution < -0.4 is 15.6 Å². The number of hydrogen-bond donors (Lipinski definition) is 2. The molecule has 0 saturated carbocycles. The van der Waals surface area contributed by atoms with Crippen LogP contribution in [0.25, 0.3) is 0 Å². The van der Waals surface area contributed by atoms with Crippen molar-refractivity contribution in [1.29, 1.82) is 0 Å². The van der Waals surface area contributed by atoms with Crippen LogP contribution >= 0.6 is 11.6 Å². The van der Waals surface area contributed by atoms with Crippen LogP contribution in [0, 0.1) is 13.8 Å². The Labute approximate surface area is 145 Å². The van der Waals surface area contributed by atoms with Gasteiger partial charge in [0.1, 0.15) is 5.75 Å². The molecule has 0 aliphatic rings. The van der Waals surface area contributed by atoms with Crippen molar-refractivity contribution in [2.45, 2.75) is 20.3 Å². The second kappa shape index (κ2) is 7.84. The summed E-state index contributed by atoms with van der Waals surface area (Å²) in [5.74, 6) is -0.164. The molecule has 2 aromatic rings. The molecule has 2 aromatic carbocycles. The summed E-state index contributed by atoms with van der Waals surface area (Å²) in [6.07, 6.45) is 0.0386. The van der Waals surface area contributed by atoms with E-state index >= 15 is 0 Å². The molecule has 5 nitrogen and oxygen atoms in total. The maximum Gasteiger partial charge on any atom is 0.269 e. The van der Waals surface area contributed by atoms with Gasteiger partial charge in [-0.25, -0.2) is 0 Å². The van der Waals surface area contributed by atoms with E-state index in [0.717, 1.165) is 11.1 Å². The van der Waals surface area contributed by atoms with Gasteiger partial charge in [-0.3, -0.25) is 20.4 Å². The fraction of sp³-hybridized carbons (Fsp3) is 0.222. The maximum atomic E-state index is 12.1. The van der Waals surface area contributed by atoms with Crippen LogP contribution in [0.5, 0.6) is 5.75 Å². The second-order valence-electron chi connectivity index (χ2n) is 5.45. The number of nitrogens with one attached hydrogen (secondary N) is 2. The molecule has 0 atom stereocenters. The number of amides is 2. The predicted molar refractivity (Wildman–Crippen MR) is 93.2 cm³/mol. The third-order valence-electron chi connectivity index (χ3n) is 3.54. The monoisotopic (exact) mass is 346 g/mol. The van der Waals surface area contributed by atoms with Crippen LogP contribution in [-0.2, 0) is 11.2 Å². The lowest BCUT2D eigenvalue weighted by atomic mass is 10.1. The van der Waals surface area contributed by atoms with Crippen molar-refractivity contribution >= 4 is 23.4 Å². The van der Waals surface area contributed by atoms with Crippen molar-refractivity contribution in [3.05, 3.63) is 63.7 Å². The van der Waals surface area contributed by atoms with Crippen LogP contribution in [0.3, 0.4) is 0 Å². The molecule has 6 heteroatoms. The number of carbonyl (C=O) groups is 2. The average molecular weight is 347 g/mol. The third kappa shape index (κ3) is 4.49. The maximum absolute atomic E-state index is 12.1. The first-order chi connectivity index (χ1) is 11.4. The molecule has 2 rings (SSSR count). The van der Waals surface area contributed by atoms with Gasteiger partial charge in [-0.05, 0) is 43.7 Å². The highest BCUT2D eigenvalue weighted by Crippen LogP contribution is 2.22. The van der Waals surface area contributed by atoms with E-state index in [0.29, 0.717) is 21.9 Å². The third-order valence-corrected chi connectivity index (χ3v) is 3.77. The summed E-state index contributed by atoms with van der Waals surface area (Å²) >= 11 is 5.94. The van der Waals surface area contributed by atoms with E-state index in [2.05, 4.69) is 10.9 Å². The highest BCUT2D eigenvalue weighted by molar-refractivity contribution is 6.30. The van der Waals surface area contributed by atoms with Crippen molar-refractivity contribution in [2.24, 2.45) is 0 Å². The highest BCUT2D eigenvalue weighted by Gasteiger charge is 2.12. The Hall–Kier alpha value is -2.53. The second-order valence-corrected chi connectivity index (χ2v) is 5.89. The average Bonchev–Trinajstić information content (AvgIpc) is 2.53. The SMILES string of the molecule is COc1ccc(Cl)cc1CC(=O)NNC(=O)c1ccc(C)cc1C. The minimum Gasteiger partial charge on any atom is -0.496 e. The molecular formula is C18H19ClN2O3. The van der Waals surface area contributed by atoms with E-state index in [9.17, 15) is 9.59 Å². The van der Waals surface area contributed by atoms with E-state index in [1.807, 2.05) is 26.0 Å². The van der Waals surface area contributed by atoms with Gasteiger partial charge in [0.15, 0.2) is 0 Å². The van der Waals surface area contributed by atoms with E-state index < -0.39 is 0 Å². The first kappa shape index (κ1) is 17.8. The summed E-state index contributed by atoms with van der Waals surface area (Å²) < 4.78 is 5.20. The predicted octanol–water partition coefficient (Wildman–Crippen LogP) is 2.97. The Bertz CT molecular complexity index is 775. The number of rotatable bonds is 4. The minimum atomic E-state index is -0.367. The summed E-state index contributed by atoms with van der Waals surface area (Å²) in [4.78, 5) is 24.2.